The van der Waals surface area contributed by atoms with Gasteiger partial charge >= 0.3 is 0 Å². The fourth-order valence-electron chi connectivity index (χ4n) is 3.67. The first-order valence-electron chi connectivity index (χ1n) is 8.56. The number of allylic oxidation sites excluding steroid dienone is 3. The first kappa shape index (κ1) is 15.9. The van der Waals surface area contributed by atoms with E-state index in [4.69, 9.17) is 0 Å². The molecule has 4 nitrogen and oxygen atoms in total. The number of hydrogen-bond acceptors (Lipinski definition) is 2. The average Bonchev–Trinajstić information content (AvgIpc) is 2.98. The number of fused-ring (bicyclic) bond motifs is 1. The van der Waals surface area contributed by atoms with Gasteiger partial charge in [-0.3, -0.25) is 9.59 Å². The van der Waals surface area contributed by atoms with Crippen LogP contribution in [0.5, 0.6) is 0 Å². The SMILES string of the molecule is CC(C)C1=CC(=O)NC2=CC(=NC(=O)CC3CCCC3)C=CC21. The molecule has 3 aliphatic rings. The van der Waals surface area contributed by atoms with Gasteiger partial charge < -0.3 is 5.32 Å². The molecule has 122 valence electrons. The van der Waals surface area contributed by atoms with Gasteiger partial charge in [0.25, 0.3) is 0 Å². The number of aliphatic imine (C=N–C) groups is 1. The van der Waals surface area contributed by atoms with Crippen LogP contribution in [0.1, 0.15) is 46.0 Å². The molecule has 0 aromatic rings. The van der Waals surface area contributed by atoms with Gasteiger partial charge in [0.2, 0.25) is 11.8 Å². The highest BCUT2D eigenvalue weighted by molar-refractivity contribution is 6.11. The van der Waals surface area contributed by atoms with E-state index in [1.807, 2.05) is 18.2 Å². The fraction of sp³-hybridized carbons (Fsp3) is 0.526. The van der Waals surface area contributed by atoms with Crippen molar-refractivity contribution in [3.8, 4) is 0 Å². The Morgan fingerprint density at radius 2 is 2.04 bits per heavy atom. The standard InChI is InChI=1S/C19H24N2O2/c1-12(2)16-11-19(23)21-17-10-14(7-8-15(16)17)20-18(22)9-13-5-3-4-6-13/h7-8,10-13,15H,3-6,9H2,1-2H3,(H,21,23). The van der Waals surface area contributed by atoms with Gasteiger partial charge in [0.1, 0.15) is 0 Å². The lowest BCUT2D eigenvalue weighted by atomic mass is 9.82. The number of rotatable bonds is 3. The Hall–Kier alpha value is -1.97. The fourth-order valence-corrected chi connectivity index (χ4v) is 3.67. The topological polar surface area (TPSA) is 58.5 Å². The number of carbonyl (C=O) groups is 2. The van der Waals surface area contributed by atoms with E-state index in [0.29, 0.717) is 24.0 Å². The van der Waals surface area contributed by atoms with Gasteiger partial charge in [-0.15, -0.1) is 0 Å². The van der Waals surface area contributed by atoms with Gasteiger partial charge in [-0.1, -0.05) is 32.8 Å². The maximum atomic E-state index is 12.1. The van der Waals surface area contributed by atoms with Crippen LogP contribution in [0.4, 0.5) is 0 Å². The molecule has 4 heteroatoms. The molecule has 0 spiro atoms. The molecule has 1 fully saturated rings. The third-order valence-corrected chi connectivity index (χ3v) is 4.88. The van der Waals surface area contributed by atoms with Crippen molar-refractivity contribution in [1.82, 2.24) is 5.32 Å². The summed E-state index contributed by atoms with van der Waals surface area (Å²) in [6.07, 6.45) is 12.8. The zero-order valence-electron chi connectivity index (χ0n) is 13.8. The van der Waals surface area contributed by atoms with Crippen LogP contribution < -0.4 is 5.32 Å². The van der Waals surface area contributed by atoms with Crippen molar-refractivity contribution >= 4 is 17.5 Å². The lowest BCUT2D eigenvalue weighted by Crippen LogP contribution is -2.34. The van der Waals surface area contributed by atoms with E-state index in [-0.39, 0.29) is 17.7 Å². The van der Waals surface area contributed by atoms with Gasteiger partial charge in [0.15, 0.2) is 0 Å². The van der Waals surface area contributed by atoms with Crippen molar-refractivity contribution in [2.24, 2.45) is 22.7 Å². The second-order valence-electron chi connectivity index (χ2n) is 7.01. The Morgan fingerprint density at radius 1 is 1.30 bits per heavy atom. The summed E-state index contributed by atoms with van der Waals surface area (Å²) in [5.41, 5.74) is 2.58. The largest absolute Gasteiger partial charge is 0.325 e. The van der Waals surface area contributed by atoms with E-state index in [0.717, 1.165) is 24.1 Å². The molecule has 23 heavy (non-hydrogen) atoms. The Kier molecular flexibility index (Phi) is 4.60. The average molecular weight is 312 g/mol. The molecule has 3 rings (SSSR count). The van der Waals surface area contributed by atoms with Crippen molar-refractivity contribution in [2.45, 2.75) is 46.0 Å². The minimum absolute atomic E-state index is 0.0476. The highest BCUT2D eigenvalue weighted by Gasteiger charge is 2.28. The molecule has 0 aromatic heterocycles. The number of hydrogen-bond donors (Lipinski definition) is 1. The Bertz CT molecular complexity index is 632. The normalized spacial score (nSPS) is 26.1. The summed E-state index contributed by atoms with van der Waals surface area (Å²) >= 11 is 0. The van der Waals surface area contributed by atoms with Crippen LogP contribution in [0, 0.1) is 17.8 Å². The van der Waals surface area contributed by atoms with Crippen molar-refractivity contribution in [1.29, 1.82) is 0 Å². The Balaban J connectivity index is 1.74. The van der Waals surface area contributed by atoms with E-state index in [2.05, 4.69) is 24.2 Å². The smallest absolute Gasteiger partial charge is 0.248 e. The molecule has 1 unspecified atom stereocenters. The number of amides is 2. The van der Waals surface area contributed by atoms with Crippen LogP contribution in [0.3, 0.4) is 0 Å². The lowest BCUT2D eigenvalue weighted by Gasteiger charge is -2.29. The van der Waals surface area contributed by atoms with Gasteiger partial charge in [-0.25, -0.2) is 4.99 Å². The lowest BCUT2D eigenvalue weighted by molar-refractivity contribution is -0.118. The predicted molar refractivity (Wildman–Crippen MR) is 90.8 cm³/mol. The highest BCUT2D eigenvalue weighted by atomic mass is 16.2. The Labute approximate surface area is 137 Å². The molecule has 1 saturated carbocycles. The summed E-state index contributed by atoms with van der Waals surface area (Å²) in [4.78, 5) is 28.2. The van der Waals surface area contributed by atoms with E-state index in [9.17, 15) is 9.59 Å². The molecule has 0 aromatic carbocycles. The monoisotopic (exact) mass is 312 g/mol. The molecular formula is C19H24N2O2. The van der Waals surface area contributed by atoms with Gasteiger partial charge in [0.05, 0.1) is 5.71 Å². The molecule has 1 aliphatic heterocycles. The van der Waals surface area contributed by atoms with E-state index in [1.54, 1.807) is 6.08 Å². The maximum absolute atomic E-state index is 12.1. The van der Waals surface area contributed by atoms with Crippen molar-refractivity contribution in [2.75, 3.05) is 0 Å². The van der Waals surface area contributed by atoms with E-state index >= 15 is 0 Å². The summed E-state index contributed by atoms with van der Waals surface area (Å²) in [5.74, 6) is 0.764. The van der Waals surface area contributed by atoms with Crippen molar-refractivity contribution < 1.29 is 9.59 Å². The molecule has 0 bridgehead atoms. The Morgan fingerprint density at radius 3 is 2.74 bits per heavy atom. The zero-order valence-corrected chi connectivity index (χ0v) is 13.8. The van der Waals surface area contributed by atoms with Crippen molar-refractivity contribution in [3.63, 3.8) is 0 Å². The first-order chi connectivity index (χ1) is 11.0. The predicted octanol–water partition coefficient (Wildman–Crippen LogP) is 3.32. The minimum atomic E-state index is -0.0943. The number of nitrogens with zero attached hydrogens (tertiary/aromatic N) is 1. The summed E-state index contributed by atoms with van der Waals surface area (Å²) in [6, 6.07) is 0. The molecular weight excluding hydrogens is 288 g/mol. The summed E-state index contributed by atoms with van der Waals surface area (Å²) in [5, 5.41) is 2.88. The molecule has 2 aliphatic carbocycles. The molecule has 1 N–H and O–H groups in total. The quantitative estimate of drug-likeness (QED) is 0.869. The third-order valence-electron chi connectivity index (χ3n) is 4.88. The summed E-state index contributed by atoms with van der Waals surface area (Å²) < 4.78 is 0. The minimum Gasteiger partial charge on any atom is -0.325 e. The highest BCUT2D eigenvalue weighted by Crippen LogP contribution is 2.32. The summed E-state index contributed by atoms with van der Waals surface area (Å²) in [6.45, 7) is 4.18. The van der Waals surface area contributed by atoms with Gasteiger partial charge in [-0.2, -0.15) is 0 Å². The molecule has 0 radical (unpaired) electrons. The van der Waals surface area contributed by atoms with E-state index < -0.39 is 0 Å². The number of carbonyl (C=O) groups excluding carboxylic acids is 2. The molecule has 2 amide bonds. The van der Waals surface area contributed by atoms with Crippen LogP contribution in [-0.2, 0) is 9.59 Å². The van der Waals surface area contributed by atoms with E-state index in [1.165, 1.54) is 12.8 Å². The molecule has 1 atom stereocenters. The second kappa shape index (κ2) is 6.65. The van der Waals surface area contributed by atoms with Crippen LogP contribution in [0.2, 0.25) is 0 Å². The van der Waals surface area contributed by atoms with Gasteiger partial charge in [-0.05, 0) is 42.4 Å². The van der Waals surface area contributed by atoms with Gasteiger partial charge in [0, 0.05) is 24.1 Å². The third kappa shape index (κ3) is 3.69. The second-order valence-corrected chi connectivity index (χ2v) is 7.01. The maximum Gasteiger partial charge on any atom is 0.248 e. The van der Waals surface area contributed by atoms with Crippen LogP contribution in [-0.4, -0.2) is 17.5 Å². The molecule has 0 saturated heterocycles. The van der Waals surface area contributed by atoms with Crippen LogP contribution >= 0.6 is 0 Å². The van der Waals surface area contributed by atoms with Crippen molar-refractivity contribution in [3.05, 3.63) is 35.6 Å². The van der Waals surface area contributed by atoms with Crippen LogP contribution in [0.25, 0.3) is 0 Å². The zero-order chi connectivity index (χ0) is 16.4. The van der Waals surface area contributed by atoms with Crippen LogP contribution in [0.15, 0.2) is 40.6 Å². The number of nitrogens with one attached hydrogen (secondary N) is 1. The molecule has 1 heterocycles. The first-order valence-corrected chi connectivity index (χ1v) is 8.56. The summed E-state index contributed by atoms with van der Waals surface area (Å²) in [7, 11) is 0.